The van der Waals surface area contributed by atoms with Crippen LogP contribution in [0.5, 0.6) is 0 Å². The first-order valence-electron chi connectivity index (χ1n) is 22.6. The van der Waals surface area contributed by atoms with Crippen LogP contribution in [0.15, 0.2) is 63.9 Å². The van der Waals surface area contributed by atoms with E-state index in [1.807, 2.05) is 0 Å². The van der Waals surface area contributed by atoms with E-state index in [2.05, 4.69) is 86.8 Å². The molecule has 3 amide bonds. The van der Waals surface area contributed by atoms with Gasteiger partial charge in [0, 0.05) is 6.42 Å². The van der Waals surface area contributed by atoms with Crippen molar-refractivity contribution < 1.29 is 51.5 Å². The minimum atomic E-state index is -1.41. The zero-order valence-electron chi connectivity index (χ0n) is 39.7. The van der Waals surface area contributed by atoms with Crippen molar-refractivity contribution >= 4 is 84.4 Å². The fourth-order valence-electron chi connectivity index (χ4n) is 6.05. The Labute approximate surface area is 433 Å². The van der Waals surface area contributed by atoms with Crippen LogP contribution in [0.25, 0.3) is 17.2 Å². The van der Waals surface area contributed by atoms with Gasteiger partial charge in [-0.05, 0) is 143 Å². The van der Waals surface area contributed by atoms with Crippen molar-refractivity contribution in [3.8, 4) is 17.2 Å². The van der Waals surface area contributed by atoms with Gasteiger partial charge in [0.15, 0.2) is 22.4 Å². The zero-order chi connectivity index (χ0) is 53.0. The summed E-state index contributed by atoms with van der Waals surface area (Å²) in [6.45, 7) is 5.45. The van der Waals surface area contributed by atoms with Gasteiger partial charge in [-0.3, -0.25) is 31.4 Å². The fourth-order valence-corrected chi connectivity index (χ4v) is 6.97. The minimum absolute atomic E-state index is 0.0230. The lowest BCUT2D eigenvalue weighted by Gasteiger charge is -2.19. The molecule has 0 atom stereocenters. The lowest BCUT2D eigenvalue weighted by atomic mass is 10.1. The topological polar surface area (TPSA) is 341 Å². The van der Waals surface area contributed by atoms with Gasteiger partial charge in [0.25, 0.3) is 0 Å². The maximum absolute atomic E-state index is 13.6. The number of alkyl carbamates (subject to hydrolysis) is 2. The van der Waals surface area contributed by atoms with Crippen molar-refractivity contribution in [2.45, 2.75) is 104 Å². The van der Waals surface area contributed by atoms with Crippen LogP contribution >= 0.6 is 43.6 Å². The van der Waals surface area contributed by atoms with E-state index >= 15 is 0 Å². The molecule has 2 aromatic carbocycles. The van der Waals surface area contributed by atoms with Gasteiger partial charge in [0.1, 0.15) is 28.9 Å². The Balaban J connectivity index is 0.000000319. The number of hydrogen-bond donors (Lipinski definition) is 7. The molecular formula is C44H57Br2F2N13O10S. The lowest BCUT2D eigenvalue weighted by Crippen LogP contribution is -2.36. The summed E-state index contributed by atoms with van der Waals surface area (Å²) in [7, 11) is 0. The number of hydrogen-bond acceptors (Lipinski definition) is 19. The Morgan fingerprint density at radius 2 is 1.39 bits per heavy atom. The third-order valence-corrected chi connectivity index (χ3v) is 11.5. The number of halogens is 4. The van der Waals surface area contributed by atoms with E-state index in [9.17, 15) is 33.1 Å². The van der Waals surface area contributed by atoms with Crippen molar-refractivity contribution in [1.29, 1.82) is 16.2 Å². The van der Waals surface area contributed by atoms with E-state index in [1.54, 1.807) is 6.26 Å². The second-order valence-corrected chi connectivity index (χ2v) is 17.7. The summed E-state index contributed by atoms with van der Waals surface area (Å²) in [6, 6.07) is 7.67. The van der Waals surface area contributed by atoms with E-state index in [0.717, 1.165) is 62.0 Å². The molecule has 0 fully saturated rings. The highest BCUT2D eigenvalue weighted by atomic mass is 79.9. The Kier molecular flexibility index (Phi) is 27.1. The second-order valence-electron chi connectivity index (χ2n) is 15.1. The monoisotopic (exact) mass is 1160 g/mol. The zero-order valence-corrected chi connectivity index (χ0v) is 43.7. The summed E-state index contributed by atoms with van der Waals surface area (Å²) in [4.78, 5) is 47.0. The number of anilines is 1. The summed E-state index contributed by atoms with van der Waals surface area (Å²) in [5, 5.41) is 56.4. The maximum Gasteiger partial charge on any atom is 0.446 e. The molecule has 0 aliphatic rings. The number of carboxylic acid groups (broad SMARTS) is 1. The summed E-state index contributed by atoms with van der Waals surface area (Å²) >= 11 is 7.26. The highest BCUT2D eigenvalue weighted by Crippen LogP contribution is 2.27. The SMILES string of the molecule is CCCCCOC(=O)NC(=N)CCCCCc1nonc1-c1noc(=O)n1-c1ccc(F)c(Br)c1.CCCCCOC(=O)NC(=N)SC.N=C(c1nonc1CCCCN)N(C(=O)O)c1ccc(F)c(Br)c1. The molecular weight excluding hydrogens is 1100 g/mol. The average molecular weight is 1160 g/mol. The van der Waals surface area contributed by atoms with Gasteiger partial charge in [-0.15, -0.1) is 0 Å². The largest absolute Gasteiger partial charge is 0.464 e. The van der Waals surface area contributed by atoms with Gasteiger partial charge >= 0.3 is 24.0 Å². The molecule has 5 rings (SSSR count). The van der Waals surface area contributed by atoms with E-state index in [1.165, 1.54) is 42.1 Å². The molecule has 72 heavy (non-hydrogen) atoms. The first-order valence-corrected chi connectivity index (χ1v) is 25.4. The van der Waals surface area contributed by atoms with Gasteiger partial charge in [-0.25, -0.2) is 46.7 Å². The molecule has 0 radical (unpaired) electrons. The van der Waals surface area contributed by atoms with Crippen molar-refractivity contribution in [3.63, 3.8) is 0 Å². The number of nitrogens with two attached hydrogens (primary N) is 1. The minimum Gasteiger partial charge on any atom is -0.464 e. The summed E-state index contributed by atoms with van der Waals surface area (Å²) < 4.78 is 52.6. The normalized spacial score (nSPS) is 10.6. The smallest absolute Gasteiger partial charge is 0.446 e. The van der Waals surface area contributed by atoms with Crippen molar-refractivity contribution in [2.24, 2.45) is 5.73 Å². The molecule has 0 bridgehead atoms. The molecule has 28 heteroatoms. The van der Waals surface area contributed by atoms with Crippen molar-refractivity contribution in [3.05, 3.63) is 84.6 Å². The van der Waals surface area contributed by atoms with Crippen LogP contribution in [0, 0.1) is 27.9 Å². The second kappa shape index (κ2) is 32.6. The number of benzene rings is 2. The average Bonchev–Trinajstić information content (AvgIpc) is 4.12. The molecule has 0 saturated carbocycles. The standard InChI is InChI=1S/C22H26BrFN6O5.C14H15BrFN5O3.C8H16N2O2S/c1-2-3-7-12-33-21(31)26-18(25)9-6-4-5-8-17-19(28-35-27-17)20-29-34-22(32)30(20)14-10-11-16(24)15(23)13-14;15-9-7-8(4-5-10(9)16)21(14(22)23)13(18)12-11(19-24-20-12)3-1-2-6-17;1-3-4-5-6-12-8(11)10-7(9)13-2/h10-11,13H,2-9,12H2,1H3,(H2,25,26,31);4-5,7,18H,1-3,6,17H2,(H,22,23);3-6H2,1-2H3,(H2,9,10,11). The molecule has 3 heterocycles. The molecule has 0 saturated heterocycles. The molecule has 23 nitrogen and oxygen atoms in total. The number of thioether (sulfide) groups is 1. The molecule has 0 spiro atoms. The van der Waals surface area contributed by atoms with Gasteiger partial charge in [-0.1, -0.05) is 73.2 Å². The third-order valence-electron chi connectivity index (χ3n) is 9.73. The highest BCUT2D eigenvalue weighted by Gasteiger charge is 2.27. The van der Waals surface area contributed by atoms with Crippen LogP contribution in [0.4, 0.5) is 28.9 Å². The highest BCUT2D eigenvalue weighted by molar-refractivity contribution is 9.10. The van der Waals surface area contributed by atoms with Crippen LogP contribution in [-0.2, 0) is 22.3 Å². The molecule has 0 aliphatic heterocycles. The van der Waals surface area contributed by atoms with E-state index in [4.69, 9.17) is 40.6 Å². The van der Waals surface area contributed by atoms with Gasteiger partial charge in [0.2, 0.25) is 5.82 Å². The predicted molar refractivity (Wildman–Crippen MR) is 270 cm³/mol. The van der Waals surface area contributed by atoms with Gasteiger partial charge < -0.3 is 20.3 Å². The van der Waals surface area contributed by atoms with Crippen LogP contribution in [0.2, 0.25) is 0 Å². The summed E-state index contributed by atoms with van der Waals surface area (Å²) in [5.74, 6) is -2.01. The van der Waals surface area contributed by atoms with Crippen LogP contribution in [0.1, 0.15) is 108 Å². The summed E-state index contributed by atoms with van der Waals surface area (Å²) in [5.41, 5.74) is 6.99. The number of aromatic nitrogens is 6. The molecule has 0 unspecified atom stereocenters. The predicted octanol–water partition coefficient (Wildman–Crippen LogP) is 9.74. The number of nitrogens with zero attached hydrogens (tertiary/aromatic N) is 7. The number of amidine groups is 3. The number of rotatable bonds is 22. The number of amides is 3. The van der Waals surface area contributed by atoms with Gasteiger partial charge in [-0.2, -0.15) is 0 Å². The van der Waals surface area contributed by atoms with Gasteiger partial charge in [0.05, 0.1) is 33.5 Å². The van der Waals surface area contributed by atoms with E-state index in [0.29, 0.717) is 80.3 Å². The Hall–Kier alpha value is -6.39. The number of carbonyl (C=O) groups is 3. The molecule has 392 valence electrons. The van der Waals surface area contributed by atoms with Crippen LogP contribution in [-0.4, -0.2) is 96.6 Å². The van der Waals surface area contributed by atoms with E-state index < -0.39 is 41.5 Å². The lowest BCUT2D eigenvalue weighted by molar-refractivity contribution is 0.148. The number of nitrogens with one attached hydrogen (secondary N) is 5. The quantitative estimate of drug-likeness (QED) is 0.0192. The Morgan fingerprint density at radius 1 is 0.792 bits per heavy atom. The number of aryl methyl sites for hydroxylation is 2. The molecule has 5 aromatic rings. The Bertz CT molecular complexity index is 2610. The van der Waals surface area contributed by atoms with Crippen molar-refractivity contribution in [1.82, 2.24) is 41.0 Å². The molecule has 0 aliphatic carbocycles. The Morgan fingerprint density at radius 3 is 2.00 bits per heavy atom. The van der Waals surface area contributed by atoms with Crippen LogP contribution < -0.4 is 27.0 Å². The number of ether oxygens (including phenoxy) is 2. The molecule has 8 N–H and O–H groups in total. The third kappa shape index (κ3) is 20.0. The van der Waals surface area contributed by atoms with Crippen molar-refractivity contribution in [2.75, 3.05) is 30.9 Å². The fraction of sp³-hybridized carbons (Fsp3) is 0.455. The van der Waals surface area contributed by atoms with Crippen LogP contribution in [0.3, 0.4) is 0 Å². The number of carbonyl (C=O) groups excluding carboxylic acids is 2. The molecule has 3 aromatic heterocycles. The first kappa shape index (κ1) is 59.9. The van der Waals surface area contributed by atoms with E-state index in [-0.39, 0.29) is 42.8 Å². The first-order chi connectivity index (χ1) is 34.6. The summed E-state index contributed by atoms with van der Waals surface area (Å²) in [6.07, 6.45) is 9.99. The number of unbranched alkanes of at least 4 members (excludes halogenated alkanes) is 7. The maximum atomic E-state index is 13.6.